The largest absolute Gasteiger partial charge is 0.250 e. The van der Waals surface area contributed by atoms with E-state index in [2.05, 4.69) is 12.1 Å². The molecule has 5 heteroatoms. The van der Waals surface area contributed by atoms with Crippen LogP contribution in [0.25, 0.3) is 0 Å². The van der Waals surface area contributed by atoms with E-state index in [4.69, 9.17) is 0 Å². The number of benzene rings is 2. The second-order valence-electron chi connectivity index (χ2n) is 5.48. The first-order valence-corrected chi connectivity index (χ1v) is 8.70. The summed E-state index contributed by atoms with van der Waals surface area (Å²) in [5, 5.41) is 1.99. The van der Waals surface area contributed by atoms with Crippen LogP contribution in [0, 0.1) is 0 Å². The number of hydrogen-bond donors (Lipinski definition) is 0. The molecule has 108 valence electrons. The van der Waals surface area contributed by atoms with E-state index in [0.29, 0.717) is 0 Å². The van der Waals surface area contributed by atoms with Crippen LogP contribution in [0.4, 0.5) is 5.69 Å². The lowest BCUT2D eigenvalue weighted by atomic mass is 9.95. The van der Waals surface area contributed by atoms with Crippen LogP contribution in [0.5, 0.6) is 0 Å². The highest BCUT2D eigenvalue weighted by Gasteiger charge is 2.46. The van der Waals surface area contributed by atoms with Crippen molar-refractivity contribution in [1.29, 1.82) is 0 Å². The number of sulfonamides is 1. The van der Waals surface area contributed by atoms with Gasteiger partial charge in [0.25, 0.3) is 10.0 Å². The summed E-state index contributed by atoms with van der Waals surface area (Å²) >= 11 is 0. The topological polar surface area (TPSA) is 40.6 Å². The van der Waals surface area contributed by atoms with Gasteiger partial charge >= 0.3 is 0 Å². The second kappa shape index (κ2) is 4.58. The van der Waals surface area contributed by atoms with Gasteiger partial charge < -0.3 is 0 Å². The standard InChI is InChI=1S/C16H16N2O2S/c19-21(20)12-16-15-9-5-4-6-13(15)10-11-17(16)18(21)14-7-2-1-3-8-14/h1-9,16H,10-12H2. The molecule has 21 heavy (non-hydrogen) atoms. The van der Waals surface area contributed by atoms with E-state index >= 15 is 0 Å². The summed E-state index contributed by atoms with van der Waals surface area (Å²) in [6.07, 6.45) is 0.880. The summed E-state index contributed by atoms with van der Waals surface area (Å²) in [5.41, 5.74) is 3.13. The van der Waals surface area contributed by atoms with Crippen molar-refractivity contribution >= 4 is 15.7 Å². The molecular weight excluding hydrogens is 284 g/mol. The number of rotatable bonds is 1. The van der Waals surface area contributed by atoms with Gasteiger partial charge in [-0.15, -0.1) is 0 Å². The van der Waals surface area contributed by atoms with Gasteiger partial charge in [0, 0.05) is 6.54 Å². The zero-order valence-electron chi connectivity index (χ0n) is 11.5. The van der Waals surface area contributed by atoms with Crippen molar-refractivity contribution in [2.45, 2.75) is 12.5 Å². The van der Waals surface area contributed by atoms with Gasteiger partial charge in [0.15, 0.2) is 0 Å². The quantitative estimate of drug-likeness (QED) is 0.812. The van der Waals surface area contributed by atoms with Crippen molar-refractivity contribution in [2.24, 2.45) is 0 Å². The number of anilines is 1. The minimum absolute atomic E-state index is 0.0693. The summed E-state index contributed by atoms with van der Waals surface area (Å²) in [6, 6.07) is 17.4. The fourth-order valence-corrected chi connectivity index (χ4v) is 5.18. The molecule has 0 N–H and O–H groups in total. The zero-order chi connectivity index (χ0) is 14.4. The Balaban J connectivity index is 1.82. The second-order valence-corrected chi connectivity index (χ2v) is 7.33. The third-order valence-corrected chi connectivity index (χ3v) is 5.91. The molecule has 2 aliphatic rings. The first-order valence-electron chi connectivity index (χ1n) is 7.09. The maximum atomic E-state index is 12.6. The van der Waals surface area contributed by atoms with Gasteiger partial charge in [-0.05, 0) is 29.7 Å². The highest BCUT2D eigenvalue weighted by Crippen LogP contribution is 2.40. The molecule has 2 aliphatic heterocycles. The van der Waals surface area contributed by atoms with E-state index in [9.17, 15) is 8.42 Å². The van der Waals surface area contributed by atoms with Crippen molar-refractivity contribution in [1.82, 2.24) is 5.01 Å². The Hall–Kier alpha value is -1.85. The first-order chi connectivity index (χ1) is 10.2. The Morgan fingerprint density at radius 1 is 0.952 bits per heavy atom. The minimum Gasteiger partial charge on any atom is -0.205 e. The maximum Gasteiger partial charge on any atom is 0.250 e. The molecule has 4 nitrogen and oxygen atoms in total. The van der Waals surface area contributed by atoms with E-state index in [0.717, 1.165) is 24.2 Å². The van der Waals surface area contributed by atoms with Gasteiger partial charge in [-0.3, -0.25) is 0 Å². The molecule has 1 atom stereocenters. The molecule has 0 saturated carbocycles. The Labute approximate surface area is 124 Å². The molecule has 0 aliphatic carbocycles. The summed E-state index contributed by atoms with van der Waals surface area (Å²) in [4.78, 5) is 0. The first kappa shape index (κ1) is 12.9. The van der Waals surface area contributed by atoms with E-state index in [1.165, 1.54) is 9.98 Å². The molecule has 0 spiro atoms. The highest BCUT2D eigenvalue weighted by atomic mass is 32.2. The van der Waals surface area contributed by atoms with Gasteiger partial charge in [0.05, 0.1) is 17.5 Å². The Kier molecular flexibility index (Phi) is 2.80. The molecule has 0 aromatic heterocycles. The van der Waals surface area contributed by atoms with Gasteiger partial charge in [-0.1, -0.05) is 42.5 Å². The monoisotopic (exact) mass is 300 g/mol. The van der Waals surface area contributed by atoms with E-state index in [1.54, 1.807) is 0 Å². The van der Waals surface area contributed by atoms with E-state index in [-0.39, 0.29) is 11.8 Å². The molecule has 1 saturated heterocycles. The fraction of sp³-hybridized carbons (Fsp3) is 0.250. The highest BCUT2D eigenvalue weighted by molar-refractivity contribution is 7.93. The molecular formula is C16H16N2O2S. The average molecular weight is 300 g/mol. The molecule has 2 aromatic carbocycles. The van der Waals surface area contributed by atoms with Gasteiger partial charge in [-0.25, -0.2) is 8.42 Å². The zero-order valence-corrected chi connectivity index (χ0v) is 12.3. The van der Waals surface area contributed by atoms with Crippen LogP contribution in [0.3, 0.4) is 0 Å². The predicted octanol–water partition coefficient (Wildman–Crippen LogP) is 2.35. The van der Waals surface area contributed by atoms with E-state index < -0.39 is 10.0 Å². The Bertz CT molecular complexity index is 774. The van der Waals surface area contributed by atoms with Crippen LogP contribution in [0.2, 0.25) is 0 Å². The summed E-state index contributed by atoms with van der Waals surface area (Å²) in [7, 11) is -3.31. The number of nitrogens with zero attached hydrogens (tertiary/aromatic N) is 2. The minimum atomic E-state index is -3.31. The van der Waals surface area contributed by atoms with Gasteiger partial charge in [-0.2, -0.15) is 9.42 Å². The van der Waals surface area contributed by atoms with Crippen LogP contribution in [0.15, 0.2) is 54.6 Å². The van der Waals surface area contributed by atoms with Crippen LogP contribution in [0.1, 0.15) is 17.2 Å². The van der Waals surface area contributed by atoms with Crippen molar-refractivity contribution in [3.63, 3.8) is 0 Å². The van der Waals surface area contributed by atoms with Crippen LogP contribution >= 0.6 is 0 Å². The van der Waals surface area contributed by atoms with Crippen molar-refractivity contribution < 1.29 is 8.42 Å². The molecule has 2 aromatic rings. The fourth-order valence-electron chi connectivity index (χ4n) is 3.33. The van der Waals surface area contributed by atoms with Crippen LogP contribution in [-0.2, 0) is 16.4 Å². The smallest absolute Gasteiger partial charge is 0.205 e. The van der Waals surface area contributed by atoms with Crippen molar-refractivity contribution in [3.8, 4) is 0 Å². The molecule has 4 rings (SSSR count). The number of hydrogen-bond acceptors (Lipinski definition) is 3. The summed E-state index contributed by atoms with van der Waals surface area (Å²) < 4.78 is 26.7. The van der Waals surface area contributed by atoms with Crippen LogP contribution < -0.4 is 4.41 Å². The van der Waals surface area contributed by atoms with Crippen molar-refractivity contribution in [3.05, 3.63) is 65.7 Å². The molecule has 1 unspecified atom stereocenters. The Morgan fingerprint density at radius 3 is 2.48 bits per heavy atom. The van der Waals surface area contributed by atoms with Gasteiger partial charge in [0.1, 0.15) is 0 Å². The number of hydrazine groups is 1. The molecule has 0 bridgehead atoms. The lowest BCUT2D eigenvalue weighted by Crippen LogP contribution is -2.43. The lowest BCUT2D eigenvalue weighted by molar-refractivity contribution is 0.234. The SMILES string of the molecule is O=S1(=O)CC2c3ccccc3CCN2N1c1ccccc1. The molecule has 0 radical (unpaired) electrons. The lowest BCUT2D eigenvalue weighted by Gasteiger charge is -2.35. The molecule has 2 heterocycles. The molecule has 0 amide bonds. The van der Waals surface area contributed by atoms with Crippen molar-refractivity contribution in [2.75, 3.05) is 16.7 Å². The average Bonchev–Trinajstić information content (AvgIpc) is 2.78. The summed E-state index contributed by atoms with van der Waals surface area (Å²) in [5.74, 6) is 0.152. The predicted molar refractivity (Wildman–Crippen MR) is 82.3 cm³/mol. The third kappa shape index (κ3) is 1.96. The maximum absolute atomic E-state index is 12.6. The van der Waals surface area contributed by atoms with Crippen LogP contribution in [-0.4, -0.2) is 25.7 Å². The number of para-hydroxylation sites is 1. The molecule has 1 fully saturated rings. The number of fused-ring (bicyclic) bond motifs is 3. The third-order valence-electron chi connectivity index (χ3n) is 4.23. The summed E-state index contributed by atoms with van der Waals surface area (Å²) in [6.45, 7) is 0.732. The normalized spacial score (nSPS) is 23.6. The van der Waals surface area contributed by atoms with E-state index in [1.807, 2.05) is 47.5 Å². The Morgan fingerprint density at radius 2 is 1.67 bits per heavy atom. The van der Waals surface area contributed by atoms with Gasteiger partial charge in [0.2, 0.25) is 0 Å².